The van der Waals surface area contributed by atoms with Crippen molar-refractivity contribution in [2.45, 2.75) is 19.3 Å². The number of phenols is 1. The normalized spacial score (nSPS) is 10.1. The summed E-state index contributed by atoms with van der Waals surface area (Å²) in [5.74, 6) is -1.44. The average Bonchev–Trinajstić information content (AvgIpc) is 2.30. The van der Waals surface area contributed by atoms with E-state index < -0.39 is 22.3 Å². The van der Waals surface area contributed by atoms with Crippen LogP contribution in [0.15, 0.2) is 12.1 Å². The van der Waals surface area contributed by atoms with Gasteiger partial charge in [0.2, 0.25) is 5.75 Å². The average molecular weight is 255 g/mol. The lowest BCUT2D eigenvalue weighted by molar-refractivity contribution is -0.386. The van der Waals surface area contributed by atoms with Gasteiger partial charge in [-0.15, -0.1) is 0 Å². The van der Waals surface area contributed by atoms with Crippen LogP contribution >= 0.6 is 0 Å². The van der Waals surface area contributed by atoms with E-state index in [4.69, 9.17) is 9.84 Å². The molecule has 1 rings (SSSR count). The zero-order valence-electron chi connectivity index (χ0n) is 9.75. The Labute approximate surface area is 103 Å². The summed E-state index contributed by atoms with van der Waals surface area (Å²) in [6, 6.07) is 2.68. The molecule has 0 radical (unpaired) electrons. The molecule has 0 unspecified atom stereocenters. The van der Waals surface area contributed by atoms with E-state index in [0.717, 1.165) is 0 Å². The van der Waals surface area contributed by atoms with Gasteiger partial charge < -0.3 is 14.9 Å². The minimum atomic E-state index is -0.921. The second-order valence-electron chi connectivity index (χ2n) is 3.67. The van der Waals surface area contributed by atoms with Gasteiger partial charge in [-0.25, -0.2) is 0 Å². The number of nitrogens with zero attached hydrogens (tertiary/aromatic N) is 1. The molecule has 7 nitrogen and oxygen atoms in total. The number of rotatable bonds is 6. The van der Waals surface area contributed by atoms with Gasteiger partial charge >= 0.3 is 11.7 Å². The molecule has 18 heavy (non-hydrogen) atoms. The summed E-state index contributed by atoms with van der Waals surface area (Å²) in [5, 5.41) is 28.8. The van der Waals surface area contributed by atoms with Crippen LogP contribution in [0.4, 0.5) is 5.69 Å². The van der Waals surface area contributed by atoms with Crippen molar-refractivity contribution in [2.24, 2.45) is 0 Å². The third kappa shape index (κ3) is 3.34. The second-order valence-corrected chi connectivity index (χ2v) is 3.67. The molecule has 0 bridgehead atoms. The van der Waals surface area contributed by atoms with Gasteiger partial charge in [0.15, 0.2) is 5.75 Å². The second kappa shape index (κ2) is 5.85. The molecular formula is C11H13NO6. The lowest BCUT2D eigenvalue weighted by atomic mass is 10.1. The number of nitro groups is 1. The summed E-state index contributed by atoms with van der Waals surface area (Å²) in [5.41, 5.74) is 0.109. The molecule has 0 fully saturated rings. The van der Waals surface area contributed by atoms with Crippen molar-refractivity contribution in [3.63, 3.8) is 0 Å². The fourth-order valence-electron chi connectivity index (χ4n) is 1.53. The van der Waals surface area contributed by atoms with Gasteiger partial charge in [-0.3, -0.25) is 14.9 Å². The van der Waals surface area contributed by atoms with Gasteiger partial charge in [0.05, 0.1) is 12.0 Å². The molecule has 1 aromatic rings. The summed E-state index contributed by atoms with van der Waals surface area (Å²) >= 11 is 0. The van der Waals surface area contributed by atoms with Gasteiger partial charge in [-0.05, 0) is 24.5 Å². The van der Waals surface area contributed by atoms with Crippen molar-refractivity contribution in [3.05, 3.63) is 27.8 Å². The van der Waals surface area contributed by atoms with Crippen LogP contribution in [0.25, 0.3) is 0 Å². The number of carboxylic acid groups (broad SMARTS) is 1. The number of methoxy groups -OCH3 is 1. The zero-order valence-corrected chi connectivity index (χ0v) is 9.75. The number of carboxylic acids is 1. The fraction of sp³-hybridized carbons (Fsp3) is 0.364. The predicted molar refractivity (Wildman–Crippen MR) is 61.9 cm³/mol. The Morgan fingerprint density at radius 2 is 2.17 bits per heavy atom. The molecule has 0 amide bonds. The number of benzene rings is 1. The van der Waals surface area contributed by atoms with E-state index in [1.807, 2.05) is 0 Å². The molecule has 0 aliphatic heterocycles. The number of hydrogen-bond acceptors (Lipinski definition) is 5. The maximum Gasteiger partial charge on any atom is 0.314 e. The van der Waals surface area contributed by atoms with Crippen molar-refractivity contribution in [1.82, 2.24) is 0 Å². The van der Waals surface area contributed by atoms with Crippen LogP contribution in [-0.2, 0) is 11.2 Å². The largest absolute Gasteiger partial charge is 0.500 e. The SMILES string of the molecule is COc1cc(CCCC(=O)O)cc([N+](=O)[O-])c1O. The van der Waals surface area contributed by atoms with Crippen molar-refractivity contribution < 1.29 is 24.7 Å². The Morgan fingerprint density at radius 3 is 2.67 bits per heavy atom. The van der Waals surface area contributed by atoms with Crippen LogP contribution in [0, 0.1) is 10.1 Å². The Kier molecular flexibility index (Phi) is 4.47. The minimum absolute atomic E-state index is 0.00882. The number of aromatic hydroxyl groups is 1. The first-order valence-electron chi connectivity index (χ1n) is 5.21. The van der Waals surface area contributed by atoms with E-state index in [2.05, 4.69) is 0 Å². The molecule has 0 saturated carbocycles. The number of hydrogen-bond donors (Lipinski definition) is 2. The smallest absolute Gasteiger partial charge is 0.314 e. The third-order valence-electron chi connectivity index (χ3n) is 2.39. The molecule has 0 aliphatic carbocycles. The standard InChI is InChI=1S/C11H13NO6/c1-18-9-6-7(3-2-4-10(13)14)5-8(11(9)15)12(16)17/h5-6,15H,2-4H2,1H3,(H,13,14). The topological polar surface area (TPSA) is 110 Å². The molecule has 2 N–H and O–H groups in total. The van der Waals surface area contributed by atoms with Crippen LogP contribution in [0.1, 0.15) is 18.4 Å². The Hall–Kier alpha value is -2.31. The zero-order chi connectivity index (χ0) is 13.7. The summed E-state index contributed by atoms with van der Waals surface area (Å²) in [4.78, 5) is 20.4. The fourth-order valence-corrected chi connectivity index (χ4v) is 1.53. The molecule has 0 saturated heterocycles. The van der Waals surface area contributed by atoms with Crippen molar-refractivity contribution in [3.8, 4) is 11.5 Å². The van der Waals surface area contributed by atoms with E-state index in [9.17, 15) is 20.0 Å². The van der Waals surface area contributed by atoms with Crippen LogP contribution < -0.4 is 4.74 Å². The van der Waals surface area contributed by atoms with Gasteiger partial charge in [0.25, 0.3) is 0 Å². The maximum absolute atomic E-state index is 10.7. The van der Waals surface area contributed by atoms with Crippen LogP contribution in [0.3, 0.4) is 0 Å². The quantitative estimate of drug-likeness (QED) is 0.591. The Morgan fingerprint density at radius 1 is 1.50 bits per heavy atom. The van der Waals surface area contributed by atoms with Crippen LogP contribution in [0.5, 0.6) is 11.5 Å². The molecule has 0 aromatic heterocycles. The highest BCUT2D eigenvalue weighted by Crippen LogP contribution is 2.37. The van der Waals surface area contributed by atoms with E-state index in [-0.39, 0.29) is 12.2 Å². The van der Waals surface area contributed by atoms with Crippen molar-refractivity contribution >= 4 is 11.7 Å². The Bertz CT molecular complexity index is 471. The molecule has 0 heterocycles. The third-order valence-corrected chi connectivity index (χ3v) is 2.39. The van der Waals surface area contributed by atoms with Gasteiger partial charge in [-0.1, -0.05) is 0 Å². The van der Waals surface area contributed by atoms with E-state index in [0.29, 0.717) is 18.4 Å². The van der Waals surface area contributed by atoms with Gasteiger partial charge in [0, 0.05) is 12.5 Å². The molecule has 98 valence electrons. The van der Waals surface area contributed by atoms with Crippen LogP contribution in [-0.4, -0.2) is 28.2 Å². The first-order chi connectivity index (χ1) is 8.45. The summed E-state index contributed by atoms with van der Waals surface area (Å²) in [6.45, 7) is 0. The summed E-state index contributed by atoms with van der Waals surface area (Å²) in [6.07, 6.45) is 0.710. The van der Waals surface area contributed by atoms with E-state index >= 15 is 0 Å². The van der Waals surface area contributed by atoms with Gasteiger partial charge in [0.1, 0.15) is 0 Å². The monoisotopic (exact) mass is 255 g/mol. The van der Waals surface area contributed by atoms with Crippen molar-refractivity contribution in [1.29, 1.82) is 0 Å². The first kappa shape index (κ1) is 13.8. The first-order valence-corrected chi connectivity index (χ1v) is 5.21. The highest BCUT2D eigenvalue weighted by Gasteiger charge is 2.19. The Balaban J connectivity index is 2.95. The number of nitro benzene ring substituents is 1. The molecule has 0 spiro atoms. The molecule has 0 atom stereocenters. The maximum atomic E-state index is 10.7. The predicted octanol–water partition coefficient (Wildman–Crippen LogP) is 1.72. The number of carbonyl (C=O) groups is 1. The van der Waals surface area contributed by atoms with E-state index in [1.165, 1.54) is 19.2 Å². The molecule has 0 aliphatic rings. The van der Waals surface area contributed by atoms with Gasteiger partial charge in [-0.2, -0.15) is 0 Å². The lowest BCUT2D eigenvalue weighted by Crippen LogP contribution is -1.98. The number of phenolic OH excluding ortho intramolecular Hbond substituents is 1. The summed E-state index contributed by atoms with van der Waals surface area (Å²) < 4.78 is 4.83. The molecular weight excluding hydrogens is 242 g/mol. The van der Waals surface area contributed by atoms with Crippen LogP contribution in [0.2, 0.25) is 0 Å². The number of aliphatic carboxylic acids is 1. The lowest BCUT2D eigenvalue weighted by Gasteiger charge is -2.07. The van der Waals surface area contributed by atoms with Crippen molar-refractivity contribution in [2.75, 3.05) is 7.11 Å². The highest BCUT2D eigenvalue weighted by molar-refractivity contribution is 5.66. The highest BCUT2D eigenvalue weighted by atomic mass is 16.6. The molecule has 1 aromatic carbocycles. The number of ether oxygens (including phenoxy) is 1. The summed E-state index contributed by atoms with van der Waals surface area (Å²) in [7, 11) is 1.29. The van der Waals surface area contributed by atoms with E-state index in [1.54, 1.807) is 0 Å². The molecule has 7 heteroatoms. The minimum Gasteiger partial charge on any atom is -0.500 e. The number of aryl methyl sites for hydroxylation is 1.